The zero-order valence-corrected chi connectivity index (χ0v) is 19.8. The molecule has 0 fully saturated rings. The van der Waals surface area contributed by atoms with Crippen LogP contribution in [0.4, 0.5) is 5.00 Å². The molecule has 2 aromatic heterocycles. The average molecular weight is 488 g/mol. The normalized spacial score (nSPS) is 13.4. The molecule has 1 aliphatic rings. The molecule has 0 unspecified atom stereocenters. The summed E-state index contributed by atoms with van der Waals surface area (Å²) < 4.78 is 26.8. The molecule has 0 bridgehead atoms. The summed E-state index contributed by atoms with van der Waals surface area (Å²) in [6, 6.07) is 10.4. The van der Waals surface area contributed by atoms with Crippen LogP contribution >= 0.6 is 23.1 Å². The smallest absolute Gasteiger partial charge is 0.235 e. The van der Waals surface area contributed by atoms with Crippen molar-refractivity contribution in [1.82, 2.24) is 14.8 Å². The van der Waals surface area contributed by atoms with Crippen LogP contribution in [-0.2, 0) is 40.3 Å². The topological polar surface area (TPSA) is 118 Å². The Balaban J connectivity index is 1.40. The number of nitriles is 1. The molecule has 0 atom stereocenters. The van der Waals surface area contributed by atoms with Crippen molar-refractivity contribution in [3.63, 3.8) is 0 Å². The maximum absolute atomic E-state index is 12.6. The van der Waals surface area contributed by atoms with Crippen molar-refractivity contribution >= 4 is 43.8 Å². The standard InChI is InChI=1S/C21H21N5O3S3/c1-26-18(13-32(28,29)14-7-3-2-4-8-14)24-25-21(26)30-12-19(27)23-20-16(11-22)15-9-5-6-10-17(15)31-20/h2-4,7-8H,5-6,9-10,12-13H2,1H3,(H,23,27). The lowest BCUT2D eigenvalue weighted by Crippen LogP contribution is -2.14. The summed E-state index contributed by atoms with van der Waals surface area (Å²) in [5.74, 6) is -0.147. The van der Waals surface area contributed by atoms with Crippen LogP contribution in [0.2, 0.25) is 0 Å². The van der Waals surface area contributed by atoms with Gasteiger partial charge in [-0.05, 0) is 43.4 Å². The number of nitrogens with one attached hydrogen (secondary N) is 1. The predicted molar refractivity (Wildman–Crippen MR) is 123 cm³/mol. The Morgan fingerprint density at radius 2 is 2.00 bits per heavy atom. The molecule has 0 saturated carbocycles. The van der Waals surface area contributed by atoms with Crippen molar-refractivity contribution in [2.45, 2.75) is 41.5 Å². The number of aromatic nitrogens is 3. The van der Waals surface area contributed by atoms with Crippen LogP contribution in [0.25, 0.3) is 0 Å². The predicted octanol–water partition coefficient (Wildman–Crippen LogP) is 3.33. The minimum atomic E-state index is -3.55. The van der Waals surface area contributed by atoms with Crippen molar-refractivity contribution in [3.05, 3.63) is 52.2 Å². The molecule has 0 aliphatic heterocycles. The van der Waals surface area contributed by atoms with Gasteiger partial charge in [0.05, 0.1) is 16.2 Å². The number of thiophene rings is 1. The van der Waals surface area contributed by atoms with Crippen molar-refractivity contribution in [1.29, 1.82) is 5.26 Å². The van der Waals surface area contributed by atoms with Crippen LogP contribution < -0.4 is 5.32 Å². The fourth-order valence-electron chi connectivity index (χ4n) is 3.54. The Morgan fingerprint density at radius 1 is 1.25 bits per heavy atom. The van der Waals surface area contributed by atoms with E-state index in [2.05, 4.69) is 21.6 Å². The van der Waals surface area contributed by atoms with E-state index in [-0.39, 0.29) is 22.3 Å². The Labute approximate surface area is 194 Å². The molecule has 1 amide bonds. The number of sulfone groups is 1. The van der Waals surface area contributed by atoms with E-state index < -0.39 is 9.84 Å². The van der Waals surface area contributed by atoms with Crippen molar-refractivity contribution in [2.24, 2.45) is 7.05 Å². The van der Waals surface area contributed by atoms with Gasteiger partial charge >= 0.3 is 0 Å². The van der Waals surface area contributed by atoms with Gasteiger partial charge in [-0.15, -0.1) is 21.5 Å². The molecule has 1 N–H and O–H groups in total. The number of hydrogen-bond acceptors (Lipinski definition) is 8. The molecule has 0 saturated heterocycles. The fourth-order valence-corrected chi connectivity index (χ4v) is 6.86. The lowest BCUT2D eigenvalue weighted by Gasteiger charge is -2.09. The fraction of sp³-hybridized carbons (Fsp3) is 0.333. The number of carbonyl (C=O) groups is 1. The number of hydrogen-bond donors (Lipinski definition) is 1. The number of anilines is 1. The molecular formula is C21H21N5O3S3. The second kappa shape index (κ2) is 9.44. The first kappa shape index (κ1) is 22.5. The van der Waals surface area contributed by atoms with Crippen LogP contribution in [0.1, 0.15) is 34.7 Å². The number of amides is 1. The van der Waals surface area contributed by atoms with E-state index in [1.165, 1.54) is 28.0 Å². The molecule has 3 aromatic rings. The number of thioether (sulfide) groups is 1. The van der Waals surface area contributed by atoms with Gasteiger partial charge in [0.15, 0.2) is 15.0 Å². The molecule has 8 nitrogen and oxygen atoms in total. The summed E-state index contributed by atoms with van der Waals surface area (Å²) in [7, 11) is -1.87. The molecule has 11 heteroatoms. The van der Waals surface area contributed by atoms with Crippen molar-refractivity contribution < 1.29 is 13.2 Å². The van der Waals surface area contributed by atoms with E-state index in [1.807, 2.05) is 0 Å². The quantitative estimate of drug-likeness (QED) is 0.508. The summed E-state index contributed by atoms with van der Waals surface area (Å²) in [4.78, 5) is 13.9. The summed E-state index contributed by atoms with van der Waals surface area (Å²) in [6.07, 6.45) is 4.01. The summed E-state index contributed by atoms with van der Waals surface area (Å²) in [6.45, 7) is 0. The van der Waals surface area contributed by atoms with Gasteiger partial charge in [0.25, 0.3) is 0 Å². The summed E-state index contributed by atoms with van der Waals surface area (Å²) >= 11 is 2.65. The number of aryl methyl sites for hydroxylation is 1. The zero-order valence-electron chi connectivity index (χ0n) is 17.4. The largest absolute Gasteiger partial charge is 0.316 e. The van der Waals surface area contributed by atoms with Gasteiger partial charge in [-0.2, -0.15) is 5.26 Å². The number of carbonyl (C=O) groups excluding carboxylic acids is 1. The number of rotatable bonds is 7. The molecule has 0 radical (unpaired) electrons. The van der Waals surface area contributed by atoms with E-state index in [0.29, 0.717) is 21.5 Å². The van der Waals surface area contributed by atoms with Crippen LogP contribution in [-0.4, -0.2) is 34.8 Å². The molecule has 166 valence electrons. The first-order valence-corrected chi connectivity index (χ1v) is 13.5. The van der Waals surface area contributed by atoms with Crippen molar-refractivity contribution in [3.8, 4) is 6.07 Å². The highest BCUT2D eigenvalue weighted by molar-refractivity contribution is 7.99. The first-order valence-electron chi connectivity index (χ1n) is 10.0. The van der Waals surface area contributed by atoms with E-state index in [0.717, 1.165) is 31.2 Å². The van der Waals surface area contributed by atoms with Gasteiger partial charge in [0.2, 0.25) is 5.91 Å². The molecule has 2 heterocycles. The zero-order chi connectivity index (χ0) is 22.7. The average Bonchev–Trinajstić information content (AvgIpc) is 3.32. The highest BCUT2D eigenvalue weighted by Gasteiger charge is 2.23. The lowest BCUT2D eigenvalue weighted by atomic mass is 9.96. The second-order valence-electron chi connectivity index (χ2n) is 7.39. The third-order valence-corrected chi connectivity index (χ3v) is 9.07. The van der Waals surface area contributed by atoms with Gasteiger partial charge in [0, 0.05) is 11.9 Å². The van der Waals surface area contributed by atoms with Gasteiger partial charge in [0.1, 0.15) is 22.6 Å². The number of nitrogens with zero attached hydrogens (tertiary/aromatic N) is 4. The van der Waals surface area contributed by atoms with Gasteiger partial charge in [-0.25, -0.2) is 8.42 Å². The Hall–Kier alpha value is -2.68. The molecule has 1 aliphatic carbocycles. The SMILES string of the molecule is Cn1c(CS(=O)(=O)c2ccccc2)nnc1SCC(=O)Nc1sc2c(c1C#N)CCCC2. The Bertz CT molecular complexity index is 1290. The number of benzene rings is 1. The third-order valence-electron chi connectivity index (χ3n) is 5.21. The third kappa shape index (κ3) is 4.72. The highest BCUT2D eigenvalue weighted by Crippen LogP contribution is 2.37. The van der Waals surface area contributed by atoms with Gasteiger partial charge in [-0.3, -0.25) is 4.79 Å². The van der Waals surface area contributed by atoms with E-state index in [1.54, 1.807) is 41.9 Å². The summed E-state index contributed by atoms with van der Waals surface area (Å²) in [5.41, 5.74) is 1.65. The van der Waals surface area contributed by atoms with Crippen LogP contribution in [0.5, 0.6) is 0 Å². The Morgan fingerprint density at radius 3 is 2.75 bits per heavy atom. The maximum atomic E-state index is 12.6. The van der Waals surface area contributed by atoms with Crippen LogP contribution in [0, 0.1) is 11.3 Å². The Kier molecular flexibility index (Phi) is 6.64. The van der Waals surface area contributed by atoms with E-state index in [4.69, 9.17) is 0 Å². The van der Waals surface area contributed by atoms with Crippen molar-refractivity contribution in [2.75, 3.05) is 11.1 Å². The summed E-state index contributed by atoms with van der Waals surface area (Å²) in [5, 5.41) is 21.5. The monoisotopic (exact) mass is 487 g/mol. The molecule has 32 heavy (non-hydrogen) atoms. The van der Waals surface area contributed by atoms with Crippen LogP contribution in [0.3, 0.4) is 0 Å². The molecule has 1 aromatic carbocycles. The molecule has 4 rings (SSSR count). The van der Waals surface area contributed by atoms with E-state index >= 15 is 0 Å². The lowest BCUT2D eigenvalue weighted by molar-refractivity contribution is -0.113. The second-order valence-corrected chi connectivity index (χ2v) is 11.4. The van der Waals surface area contributed by atoms with Gasteiger partial charge < -0.3 is 9.88 Å². The molecule has 0 spiro atoms. The minimum Gasteiger partial charge on any atom is -0.316 e. The maximum Gasteiger partial charge on any atom is 0.235 e. The van der Waals surface area contributed by atoms with E-state index in [9.17, 15) is 18.5 Å². The number of fused-ring (bicyclic) bond motifs is 1. The molecular weight excluding hydrogens is 466 g/mol. The highest BCUT2D eigenvalue weighted by atomic mass is 32.2. The van der Waals surface area contributed by atoms with Crippen LogP contribution in [0.15, 0.2) is 40.4 Å². The minimum absolute atomic E-state index is 0.0742. The van der Waals surface area contributed by atoms with Gasteiger partial charge in [-0.1, -0.05) is 30.0 Å². The first-order chi connectivity index (χ1) is 15.4.